The number of ether oxygens (including phenoxy) is 1. The molecule has 1 rings (SSSR count). The standard InChI is InChI=1S/C9H11NO3/c1-5-3-4-6(10)7(9(11)12)8(5)13-2/h3-4H,10H2,1-2H3,(H,11,12). The third kappa shape index (κ3) is 1.56. The van der Waals surface area contributed by atoms with Crippen LogP contribution in [0.25, 0.3) is 0 Å². The van der Waals surface area contributed by atoms with E-state index in [0.717, 1.165) is 5.56 Å². The first kappa shape index (κ1) is 9.38. The predicted molar refractivity (Wildman–Crippen MR) is 49.1 cm³/mol. The number of nitrogens with two attached hydrogens (primary N) is 1. The first-order chi connectivity index (χ1) is 6.07. The third-order valence-electron chi connectivity index (χ3n) is 1.80. The van der Waals surface area contributed by atoms with Gasteiger partial charge in [0.05, 0.1) is 7.11 Å². The van der Waals surface area contributed by atoms with Gasteiger partial charge in [-0.25, -0.2) is 4.79 Å². The lowest BCUT2D eigenvalue weighted by molar-refractivity contribution is 0.0694. The highest BCUT2D eigenvalue weighted by Gasteiger charge is 2.16. The molecule has 70 valence electrons. The zero-order chi connectivity index (χ0) is 10.0. The molecule has 1 aromatic carbocycles. The Labute approximate surface area is 75.9 Å². The van der Waals surface area contributed by atoms with Crippen LogP contribution in [0, 0.1) is 6.92 Å². The minimum atomic E-state index is -1.07. The maximum absolute atomic E-state index is 10.8. The van der Waals surface area contributed by atoms with E-state index in [0.29, 0.717) is 5.75 Å². The van der Waals surface area contributed by atoms with Crippen LogP contribution in [0.5, 0.6) is 5.75 Å². The minimum absolute atomic E-state index is 0.0301. The Bertz CT molecular complexity index is 347. The number of carbonyl (C=O) groups is 1. The molecule has 0 fully saturated rings. The van der Waals surface area contributed by atoms with Crippen LogP contribution in [0.4, 0.5) is 5.69 Å². The van der Waals surface area contributed by atoms with Gasteiger partial charge in [-0.1, -0.05) is 6.07 Å². The van der Waals surface area contributed by atoms with E-state index in [4.69, 9.17) is 15.6 Å². The van der Waals surface area contributed by atoms with Crippen LogP contribution in [-0.4, -0.2) is 18.2 Å². The normalized spacial score (nSPS) is 9.69. The van der Waals surface area contributed by atoms with E-state index in [1.165, 1.54) is 7.11 Å². The molecule has 0 spiro atoms. The fourth-order valence-electron chi connectivity index (χ4n) is 1.19. The number of hydrogen-bond acceptors (Lipinski definition) is 3. The van der Waals surface area contributed by atoms with Crippen molar-refractivity contribution in [1.29, 1.82) is 0 Å². The highest BCUT2D eigenvalue weighted by atomic mass is 16.5. The SMILES string of the molecule is COc1c(C)ccc(N)c1C(=O)O. The fraction of sp³-hybridized carbons (Fsp3) is 0.222. The highest BCUT2D eigenvalue weighted by Crippen LogP contribution is 2.27. The summed E-state index contributed by atoms with van der Waals surface area (Å²) >= 11 is 0. The van der Waals surface area contributed by atoms with Gasteiger partial charge in [0.1, 0.15) is 11.3 Å². The van der Waals surface area contributed by atoms with E-state index in [1.807, 2.05) is 0 Å². The maximum atomic E-state index is 10.8. The van der Waals surface area contributed by atoms with E-state index in [1.54, 1.807) is 19.1 Å². The van der Waals surface area contributed by atoms with Gasteiger partial charge in [-0.2, -0.15) is 0 Å². The van der Waals surface area contributed by atoms with Crippen LogP contribution >= 0.6 is 0 Å². The van der Waals surface area contributed by atoms with E-state index in [9.17, 15) is 4.79 Å². The van der Waals surface area contributed by atoms with E-state index in [2.05, 4.69) is 0 Å². The van der Waals surface area contributed by atoms with Crippen molar-refractivity contribution in [2.45, 2.75) is 6.92 Å². The van der Waals surface area contributed by atoms with Crippen molar-refractivity contribution in [2.24, 2.45) is 0 Å². The molecule has 0 aliphatic carbocycles. The second kappa shape index (κ2) is 3.35. The summed E-state index contributed by atoms with van der Waals surface area (Å²) in [5.41, 5.74) is 6.51. The Morgan fingerprint density at radius 2 is 2.15 bits per heavy atom. The van der Waals surface area contributed by atoms with Crippen LogP contribution in [-0.2, 0) is 0 Å². The van der Waals surface area contributed by atoms with Crippen LogP contribution in [0.1, 0.15) is 15.9 Å². The maximum Gasteiger partial charge on any atom is 0.341 e. The quantitative estimate of drug-likeness (QED) is 0.674. The molecule has 0 aliphatic heterocycles. The first-order valence-electron chi connectivity index (χ1n) is 3.74. The summed E-state index contributed by atoms with van der Waals surface area (Å²) in [5, 5.41) is 8.84. The van der Waals surface area contributed by atoms with Gasteiger partial charge < -0.3 is 15.6 Å². The van der Waals surface area contributed by atoms with Crippen LogP contribution in [0.2, 0.25) is 0 Å². The molecule has 3 N–H and O–H groups in total. The highest BCUT2D eigenvalue weighted by molar-refractivity contribution is 5.97. The van der Waals surface area contributed by atoms with Crippen molar-refractivity contribution in [3.63, 3.8) is 0 Å². The Hall–Kier alpha value is -1.71. The number of aryl methyl sites for hydroxylation is 1. The number of rotatable bonds is 2. The lowest BCUT2D eigenvalue weighted by atomic mass is 10.1. The molecule has 0 unspecified atom stereocenters. The van der Waals surface area contributed by atoms with E-state index >= 15 is 0 Å². The molecule has 4 heteroatoms. The largest absolute Gasteiger partial charge is 0.495 e. The summed E-state index contributed by atoms with van der Waals surface area (Å²) in [4.78, 5) is 10.8. The summed E-state index contributed by atoms with van der Waals surface area (Å²) in [6.45, 7) is 1.77. The van der Waals surface area contributed by atoms with Crippen LogP contribution in [0.3, 0.4) is 0 Å². The smallest absolute Gasteiger partial charge is 0.341 e. The molecular weight excluding hydrogens is 170 g/mol. The van der Waals surface area contributed by atoms with Crippen molar-refractivity contribution in [3.8, 4) is 5.75 Å². The Morgan fingerprint density at radius 3 is 2.54 bits per heavy atom. The van der Waals surface area contributed by atoms with Gasteiger partial charge in [0, 0.05) is 5.69 Å². The van der Waals surface area contributed by atoms with Gasteiger partial charge in [-0.15, -0.1) is 0 Å². The number of nitrogen functional groups attached to an aromatic ring is 1. The zero-order valence-corrected chi connectivity index (χ0v) is 7.50. The van der Waals surface area contributed by atoms with Crippen molar-refractivity contribution in [1.82, 2.24) is 0 Å². The Morgan fingerprint density at radius 1 is 1.54 bits per heavy atom. The van der Waals surface area contributed by atoms with Crippen LogP contribution < -0.4 is 10.5 Å². The molecular formula is C9H11NO3. The number of carboxylic acids is 1. The summed E-state index contributed by atoms with van der Waals surface area (Å²) < 4.78 is 4.96. The molecule has 0 amide bonds. The fourth-order valence-corrected chi connectivity index (χ4v) is 1.19. The number of carboxylic acid groups (broad SMARTS) is 1. The van der Waals surface area contributed by atoms with Crippen LogP contribution in [0.15, 0.2) is 12.1 Å². The summed E-state index contributed by atoms with van der Waals surface area (Å²) in [5.74, 6) is -0.745. The van der Waals surface area contributed by atoms with Crippen molar-refractivity contribution >= 4 is 11.7 Å². The molecule has 0 saturated heterocycles. The second-order valence-corrected chi connectivity index (χ2v) is 2.69. The van der Waals surface area contributed by atoms with Crippen molar-refractivity contribution < 1.29 is 14.6 Å². The molecule has 13 heavy (non-hydrogen) atoms. The van der Waals surface area contributed by atoms with Crippen molar-refractivity contribution in [3.05, 3.63) is 23.3 Å². The van der Waals surface area contributed by atoms with E-state index in [-0.39, 0.29) is 11.3 Å². The number of benzene rings is 1. The van der Waals surface area contributed by atoms with Gasteiger partial charge in [-0.3, -0.25) is 0 Å². The predicted octanol–water partition coefficient (Wildman–Crippen LogP) is 1.28. The molecule has 0 radical (unpaired) electrons. The minimum Gasteiger partial charge on any atom is -0.495 e. The molecule has 1 aromatic rings. The number of anilines is 1. The first-order valence-corrected chi connectivity index (χ1v) is 3.74. The Kier molecular flexibility index (Phi) is 2.41. The monoisotopic (exact) mass is 181 g/mol. The zero-order valence-electron chi connectivity index (χ0n) is 7.50. The second-order valence-electron chi connectivity index (χ2n) is 2.69. The summed E-state index contributed by atoms with van der Waals surface area (Å²) in [6.07, 6.45) is 0. The summed E-state index contributed by atoms with van der Waals surface area (Å²) in [6, 6.07) is 3.28. The number of methoxy groups -OCH3 is 1. The number of aromatic carboxylic acids is 1. The molecule has 0 heterocycles. The molecule has 0 saturated carbocycles. The topological polar surface area (TPSA) is 72.5 Å². The van der Waals surface area contributed by atoms with Gasteiger partial charge in [-0.05, 0) is 18.6 Å². The molecule has 0 aromatic heterocycles. The molecule has 0 atom stereocenters. The lowest BCUT2D eigenvalue weighted by Gasteiger charge is -2.09. The number of hydrogen-bond donors (Lipinski definition) is 2. The molecule has 0 aliphatic rings. The van der Waals surface area contributed by atoms with E-state index < -0.39 is 5.97 Å². The average molecular weight is 181 g/mol. The summed E-state index contributed by atoms with van der Waals surface area (Å²) in [7, 11) is 1.42. The average Bonchev–Trinajstić information content (AvgIpc) is 2.07. The Balaban J connectivity index is 3.43. The molecule has 0 bridgehead atoms. The van der Waals surface area contributed by atoms with Crippen molar-refractivity contribution in [2.75, 3.05) is 12.8 Å². The lowest BCUT2D eigenvalue weighted by Crippen LogP contribution is -2.06. The molecule has 4 nitrogen and oxygen atoms in total. The van der Waals surface area contributed by atoms with Gasteiger partial charge in [0.15, 0.2) is 0 Å². The van der Waals surface area contributed by atoms with Gasteiger partial charge >= 0.3 is 5.97 Å². The third-order valence-corrected chi connectivity index (χ3v) is 1.80. The van der Waals surface area contributed by atoms with Gasteiger partial charge in [0.2, 0.25) is 0 Å². The van der Waals surface area contributed by atoms with Gasteiger partial charge in [0.25, 0.3) is 0 Å².